The van der Waals surface area contributed by atoms with Crippen LogP contribution in [0.4, 0.5) is 8.78 Å². The fourth-order valence-electron chi connectivity index (χ4n) is 4.77. The van der Waals surface area contributed by atoms with Crippen molar-refractivity contribution in [2.45, 2.75) is 77.6 Å². The molecule has 2 aliphatic rings. The van der Waals surface area contributed by atoms with Gasteiger partial charge in [0.05, 0.1) is 0 Å². The van der Waals surface area contributed by atoms with E-state index in [2.05, 4.69) is 6.92 Å². The first kappa shape index (κ1) is 16.9. The number of fused-ring (bicyclic) bond motifs is 1. The summed E-state index contributed by atoms with van der Waals surface area (Å²) in [4.78, 5) is 0. The maximum absolute atomic E-state index is 14.0. The predicted octanol–water partition coefficient (Wildman–Crippen LogP) is 6.46. The third kappa shape index (κ3) is 4.14. The fraction of sp³-hybridized carbons (Fsp3) is 0.714. The van der Waals surface area contributed by atoms with Gasteiger partial charge in [0.2, 0.25) is 0 Å². The normalized spacial score (nSPS) is 27.7. The standard InChI is InChI=1S/C21H30F2/c1-2-3-15-4-6-16(7-5-15)8-9-17-10-11-18-12-13-20(22)21(23)19(18)14-17/h12-13,15-17H,2-11,14H2,1H3. The highest BCUT2D eigenvalue weighted by Gasteiger charge is 2.25. The van der Waals surface area contributed by atoms with Crippen LogP contribution in [0.5, 0.6) is 0 Å². The summed E-state index contributed by atoms with van der Waals surface area (Å²) in [6, 6.07) is 3.06. The van der Waals surface area contributed by atoms with Gasteiger partial charge in [-0.1, -0.05) is 57.9 Å². The summed E-state index contributed by atoms with van der Waals surface area (Å²) in [5, 5.41) is 0. The molecule has 0 aromatic heterocycles. The number of benzene rings is 1. The summed E-state index contributed by atoms with van der Waals surface area (Å²) in [6.45, 7) is 2.29. The van der Waals surface area contributed by atoms with E-state index in [4.69, 9.17) is 0 Å². The first-order chi connectivity index (χ1) is 11.2. The van der Waals surface area contributed by atoms with E-state index in [-0.39, 0.29) is 0 Å². The first-order valence-corrected chi connectivity index (χ1v) is 9.63. The lowest BCUT2D eigenvalue weighted by atomic mass is 9.75. The van der Waals surface area contributed by atoms with Gasteiger partial charge in [-0.25, -0.2) is 8.78 Å². The number of rotatable bonds is 5. The Balaban J connectivity index is 1.48. The van der Waals surface area contributed by atoms with Gasteiger partial charge in [0.1, 0.15) is 0 Å². The van der Waals surface area contributed by atoms with E-state index >= 15 is 0 Å². The molecule has 3 rings (SSSR count). The predicted molar refractivity (Wildman–Crippen MR) is 91.5 cm³/mol. The van der Waals surface area contributed by atoms with Crippen LogP contribution in [0.2, 0.25) is 0 Å². The summed E-state index contributed by atoms with van der Waals surface area (Å²) < 4.78 is 27.4. The second-order valence-corrected chi connectivity index (χ2v) is 7.86. The largest absolute Gasteiger partial charge is 0.204 e. The SMILES string of the molecule is CCCC1CCC(CCC2CCc3ccc(F)c(F)c3C2)CC1. The van der Waals surface area contributed by atoms with Crippen molar-refractivity contribution in [3.05, 3.63) is 34.9 Å². The Morgan fingerprint density at radius 3 is 2.22 bits per heavy atom. The monoisotopic (exact) mass is 320 g/mol. The first-order valence-electron chi connectivity index (χ1n) is 9.63. The highest BCUT2D eigenvalue weighted by atomic mass is 19.2. The molecule has 1 unspecified atom stereocenters. The van der Waals surface area contributed by atoms with Crippen LogP contribution < -0.4 is 0 Å². The Kier molecular flexibility index (Phi) is 5.71. The summed E-state index contributed by atoms with van der Waals surface area (Å²) in [7, 11) is 0. The molecule has 2 aliphatic carbocycles. The molecule has 0 aliphatic heterocycles. The summed E-state index contributed by atoms with van der Waals surface area (Å²) in [5.74, 6) is 1.12. The van der Waals surface area contributed by atoms with Crippen molar-refractivity contribution in [2.24, 2.45) is 17.8 Å². The average Bonchev–Trinajstić information content (AvgIpc) is 2.58. The Bertz CT molecular complexity index is 515. The zero-order chi connectivity index (χ0) is 16.2. The molecular weight excluding hydrogens is 290 g/mol. The highest BCUT2D eigenvalue weighted by Crippen LogP contribution is 2.37. The van der Waals surface area contributed by atoms with Gasteiger partial charge >= 0.3 is 0 Å². The maximum atomic E-state index is 14.0. The van der Waals surface area contributed by atoms with Gasteiger partial charge in [-0.2, -0.15) is 0 Å². The minimum atomic E-state index is -0.682. The van der Waals surface area contributed by atoms with E-state index in [1.165, 1.54) is 57.4 Å². The van der Waals surface area contributed by atoms with Crippen molar-refractivity contribution in [1.82, 2.24) is 0 Å². The molecule has 1 atom stereocenters. The molecule has 1 aromatic rings. The number of hydrogen-bond donors (Lipinski definition) is 0. The number of aryl methyl sites for hydroxylation is 1. The molecule has 0 spiro atoms. The van der Waals surface area contributed by atoms with E-state index in [0.29, 0.717) is 11.5 Å². The van der Waals surface area contributed by atoms with E-state index in [1.807, 2.05) is 0 Å². The Morgan fingerprint density at radius 1 is 0.870 bits per heavy atom. The van der Waals surface area contributed by atoms with Crippen LogP contribution >= 0.6 is 0 Å². The van der Waals surface area contributed by atoms with Gasteiger partial charge in [0, 0.05) is 0 Å². The average molecular weight is 320 g/mol. The maximum Gasteiger partial charge on any atom is 0.162 e. The van der Waals surface area contributed by atoms with Crippen LogP contribution in [0.3, 0.4) is 0 Å². The van der Waals surface area contributed by atoms with Crippen molar-refractivity contribution >= 4 is 0 Å². The van der Waals surface area contributed by atoms with Crippen molar-refractivity contribution in [3.63, 3.8) is 0 Å². The molecule has 23 heavy (non-hydrogen) atoms. The minimum absolute atomic E-state index is 0.548. The molecule has 1 aromatic carbocycles. The van der Waals surface area contributed by atoms with Crippen molar-refractivity contribution in [1.29, 1.82) is 0 Å². The zero-order valence-electron chi connectivity index (χ0n) is 14.4. The highest BCUT2D eigenvalue weighted by molar-refractivity contribution is 5.32. The molecule has 2 heteroatoms. The molecule has 0 N–H and O–H groups in total. The summed E-state index contributed by atoms with van der Waals surface area (Å²) >= 11 is 0. The van der Waals surface area contributed by atoms with Gasteiger partial charge in [0.15, 0.2) is 11.6 Å². The lowest BCUT2D eigenvalue weighted by Crippen LogP contribution is -2.19. The third-order valence-electron chi connectivity index (χ3n) is 6.25. The lowest BCUT2D eigenvalue weighted by molar-refractivity contribution is 0.235. The molecule has 0 nitrogen and oxygen atoms in total. The molecular formula is C21H30F2. The van der Waals surface area contributed by atoms with Crippen LogP contribution in [0, 0.1) is 29.4 Å². The van der Waals surface area contributed by atoms with Crippen LogP contribution in [0.1, 0.15) is 75.8 Å². The molecule has 0 saturated heterocycles. The van der Waals surface area contributed by atoms with Crippen molar-refractivity contribution in [2.75, 3.05) is 0 Å². The molecule has 0 bridgehead atoms. The van der Waals surface area contributed by atoms with Crippen molar-refractivity contribution < 1.29 is 8.78 Å². The van der Waals surface area contributed by atoms with Crippen LogP contribution in [-0.2, 0) is 12.8 Å². The summed E-state index contributed by atoms with van der Waals surface area (Å²) in [5.41, 5.74) is 1.69. The smallest absolute Gasteiger partial charge is 0.162 e. The zero-order valence-corrected chi connectivity index (χ0v) is 14.4. The lowest BCUT2D eigenvalue weighted by Gasteiger charge is -2.30. The molecule has 128 valence electrons. The summed E-state index contributed by atoms with van der Waals surface area (Å²) in [6.07, 6.45) is 13.6. The molecule has 1 saturated carbocycles. The van der Waals surface area contributed by atoms with Gasteiger partial charge in [0.25, 0.3) is 0 Å². The quantitative estimate of drug-likeness (QED) is 0.584. The van der Waals surface area contributed by atoms with Gasteiger partial charge in [-0.3, -0.25) is 0 Å². The Labute approximate surface area is 139 Å². The third-order valence-corrected chi connectivity index (χ3v) is 6.25. The molecule has 0 radical (unpaired) electrons. The topological polar surface area (TPSA) is 0 Å². The van der Waals surface area contributed by atoms with E-state index < -0.39 is 11.6 Å². The molecule has 0 heterocycles. The van der Waals surface area contributed by atoms with Crippen molar-refractivity contribution in [3.8, 4) is 0 Å². The molecule has 0 amide bonds. The van der Waals surface area contributed by atoms with Crippen LogP contribution in [0.15, 0.2) is 12.1 Å². The van der Waals surface area contributed by atoms with E-state index in [9.17, 15) is 8.78 Å². The van der Waals surface area contributed by atoms with Gasteiger partial charge < -0.3 is 0 Å². The number of halogens is 2. The van der Waals surface area contributed by atoms with Crippen LogP contribution in [0.25, 0.3) is 0 Å². The Morgan fingerprint density at radius 2 is 1.52 bits per heavy atom. The fourth-order valence-corrected chi connectivity index (χ4v) is 4.77. The minimum Gasteiger partial charge on any atom is -0.204 e. The second-order valence-electron chi connectivity index (χ2n) is 7.86. The second kappa shape index (κ2) is 7.77. The van der Waals surface area contributed by atoms with Gasteiger partial charge in [-0.05, 0) is 60.6 Å². The number of hydrogen-bond acceptors (Lipinski definition) is 0. The van der Waals surface area contributed by atoms with E-state index in [0.717, 1.165) is 36.7 Å². The Hall–Kier alpha value is -0.920. The molecule has 1 fully saturated rings. The van der Waals surface area contributed by atoms with Crippen LogP contribution in [-0.4, -0.2) is 0 Å². The van der Waals surface area contributed by atoms with E-state index in [1.54, 1.807) is 6.07 Å². The van der Waals surface area contributed by atoms with Gasteiger partial charge in [-0.15, -0.1) is 0 Å².